The quantitative estimate of drug-likeness (QED) is 0.888. The average Bonchev–Trinajstić information content (AvgIpc) is 2.89. The summed E-state index contributed by atoms with van der Waals surface area (Å²) in [6, 6.07) is 5.84. The number of aliphatic hydroxyl groups excluding tert-OH is 1. The lowest BCUT2D eigenvalue weighted by atomic mass is 10.0. The molecule has 1 aromatic rings. The number of hydrogen-bond donors (Lipinski definition) is 1. The Morgan fingerprint density at radius 2 is 1.83 bits per heavy atom. The minimum absolute atomic E-state index is 0.0570. The summed E-state index contributed by atoms with van der Waals surface area (Å²) in [4.78, 5) is 13.7. The first-order chi connectivity index (χ1) is 10.6. The number of sulfonamides is 1. The fourth-order valence-corrected chi connectivity index (χ4v) is 4.36. The van der Waals surface area contributed by atoms with Crippen LogP contribution in [0.4, 0.5) is 0 Å². The first-order valence-corrected chi connectivity index (χ1v) is 9.09. The topological polar surface area (TPSA) is 77.9 Å². The maximum Gasteiger partial charge on any atom is 0.243 e. The summed E-state index contributed by atoms with van der Waals surface area (Å²) in [5, 5.41) is 9.85. The minimum Gasteiger partial charge on any atom is -0.392 e. The van der Waals surface area contributed by atoms with Crippen LogP contribution in [0.3, 0.4) is 0 Å². The van der Waals surface area contributed by atoms with Crippen LogP contribution in [0.25, 0.3) is 0 Å². The Hall–Kier alpha value is -1.44. The van der Waals surface area contributed by atoms with Gasteiger partial charge in [-0.2, -0.15) is 4.31 Å². The summed E-state index contributed by atoms with van der Waals surface area (Å²) in [5.41, 5.74) is 1.05. The Balaban J connectivity index is 2.35. The summed E-state index contributed by atoms with van der Waals surface area (Å²) in [6.45, 7) is 4.01. The van der Waals surface area contributed by atoms with E-state index in [1.165, 1.54) is 4.90 Å². The third kappa shape index (κ3) is 3.57. The SMILES string of the molecule is CC(C)c1ccc(S(=O)(=O)N2C[C@H](O)C[C@@H]2C(=O)N(C)C)cc1. The highest BCUT2D eigenvalue weighted by atomic mass is 32.2. The second-order valence-electron chi connectivity index (χ2n) is 6.44. The van der Waals surface area contributed by atoms with Crippen LogP contribution >= 0.6 is 0 Å². The summed E-state index contributed by atoms with van der Waals surface area (Å²) < 4.78 is 26.8. The maximum atomic E-state index is 12.8. The van der Waals surface area contributed by atoms with E-state index < -0.39 is 22.2 Å². The lowest BCUT2D eigenvalue weighted by molar-refractivity contribution is -0.132. The van der Waals surface area contributed by atoms with Crippen molar-refractivity contribution in [1.29, 1.82) is 0 Å². The van der Waals surface area contributed by atoms with Crippen LogP contribution in [-0.4, -0.2) is 61.4 Å². The molecule has 0 aromatic heterocycles. The molecule has 2 atom stereocenters. The van der Waals surface area contributed by atoms with E-state index in [4.69, 9.17) is 0 Å². The zero-order valence-electron chi connectivity index (χ0n) is 13.9. The number of aliphatic hydroxyl groups is 1. The Morgan fingerprint density at radius 3 is 2.30 bits per heavy atom. The molecule has 0 unspecified atom stereocenters. The molecule has 1 aliphatic rings. The van der Waals surface area contributed by atoms with E-state index in [1.807, 2.05) is 13.8 Å². The van der Waals surface area contributed by atoms with E-state index in [2.05, 4.69) is 0 Å². The molecule has 1 fully saturated rings. The molecule has 2 rings (SSSR count). The smallest absolute Gasteiger partial charge is 0.243 e. The molecule has 0 bridgehead atoms. The monoisotopic (exact) mass is 340 g/mol. The van der Waals surface area contributed by atoms with Gasteiger partial charge in [-0.05, 0) is 23.6 Å². The van der Waals surface area contributed by atoms with E-state index in [0.29, 0.717) is 5.92 Å². The summed E-state index contributed by atoms with van der Waals surface area (Å²) in [5.74, 6) is -0.00708. The molecule has 7 heteroatoms. The second kappa shape index (κ2) is 6.59. The number of amides is 1. The van der Waals surface area contributed by atoms with E-state index >= 15 is 0 Å². The number of hydrogen-bond acceptors (Lipinski definition) is 4. The van der Waals surface area contributed by atoms with Gasteiger partial charge in [0.15, 0.2) is 0 Å². The molecular weight excluding hydrogens is 316 g/mol. The predicted octanol–water partition coefficient (Wildman–Crippen LogP) is 1.02. The largest absolute Gasteiger partial charge is 0.392 e. The van der Waals surface area contributed by atoms with Gasteiger partial charge in [0.2, 0.25) is 15.9 Å². The molecule has 0 aliphatic carbocycles. The minimum atomic E-state index is -3.82. The molecule has 1 N–H and O–H groups in total. The van der Waals surface area contributed by atoms with Gasteiger partial charge in [0.05, 0.1) is 11.0 Å². The number of likely N-dealkylation sites (N-methyl/N-ethyl adjacent to an activating group) is 1. The molecular formula is C16H24N2O4S. The average molecular weight is 340 g/mol. The molecule has 128 valence electrons. The Bertz CT molecular complexity index is 668. The predicted molar refractivity (Wildman–Crippen MR) is 87.5 cm³/mol. The zero-order valence-corrected chi connectivity index (χ0v) is 14.7. The van der Waals surface area contributed by atoms with Crippen LogP contribution < -0.4 is 0 Å². The van der Waals surface area contributed by atoms with Gasteiger partial charge in [-0.3, -0.25) is 4.79 Å². The van der Waals surface area contributed by atoms with Crippen molar-refractivity contribution in [3.05, 3.63) is 29.8 Å². The summed E-state index contributed by atoms with van der Waals surface area (Å²) in [6.07, 6.45) is -0.700. The number of benzene rings is 1. The van der Waals surface area contributed by atoms with E-state index in [1.54, 1.807) is 38.4 Å². The zero-order chi connectivity index (χ0) is 17.4. The molecule has 1 amide bonds. The molecule has 1 aromatic carbocycles. The first-order valence-electron chi connectivity index (χ1n) is 7.65. The molecule has 0 radical (unpaired) electrons. The van der Waals surface area contributed by atoms with Crippen LogP contribution in [0.1, 0.15) is 31.7 Å². The van der Waals surface area contributed by atoms with E-state index in [9.17, 15) is 18.3 Å². The molecule has 1 saturated heterocycles. The number of carbonyl (C=O) groups is 1. The van der Waals surface area contributed by atoms with Crippen molar-refractivity contribution in [1.82, 2.24) is 9.21 Å². The third-order valence-corrected chi connectivity index (χ3v) is 6.00. The molecule has 0 saturated carbocycles. The molecule has 6 nitrogen and oxygen atoms in total. The molecule has 23 heavy (non-hydrogen) atoms. The highest BCUT2D eigenvalue weighted by molar-refractivity contribution is 7.89. The molecule has 0 spiro atoms. The van der Waals surface area contributed by atoms with Crippen LogP contribution in [0.5, 0.6) is 0 Å². The van der Waals surface area contributed by atoms with Gasteiger partial charge in [-0.15, -0.1) is 0 Å². The number of nitrogens with zero attached hydrogens (tertiary/aromatic N) is 2. The highest BCUT2D eigenvalue weighted by Gasteiger charge is 2.43. The van der Waals surface area contributed by atoms with Crippen molar-refractivity contribution < 1.29 is 18.3 Å². The van der Waals surface area contributed by atoms with Gasteiger partial charge in [0.1, 0.15) is 6.04 Å². The van der Waals surface area contributed by atoms with Gasteiger partial charge in [0.25, 0.3) is 0 Å². The maximum absolute atomic E-state index is 12.8. The fourth-order valence-electron chi connectivity index (χ4n) is 2.73. The Labute approximate surface area is 137 Å². The first kappa shape index (κ1) is 17.9. The number of β-amino-alcohol motifs (C(OH)–C–C–N with tert-alkyl or cyclic N) is 1. The third-order valence-electron chi connectivity index (χ3n) is 4.11. The summed E-state index contributed by atoms with van der Waals surface area (Å²) >= 11 is 0. The van der Waals surface area contributed by atoms with Gasteiger partial charge in [-0.25, -0.2) is 8.42 Å². The van der Waals surface area contributed by atoms with Crippen LogP contribution in [0.2, 0.25) is 0 Å². The lowest BCUT2D eigenvalue weighted by Crippen LogP contribution is -2.45. The highest BCUT2D eigenvalue weighted by Crippen LogP contribution is 2.28. The van der Waals surface area contributed by atoms with Gasteiger partial charge in [-0.1, -0.05) is 26.0 Å². The standard InChI is InChI=1S/C16H24N2O4S/c1-11(2)12-5-7-14(8-6-12)23(21,22)18-10-13(19)9-15(18)16(20)17(3)4/h5-8,11,13,15,19H,9-10H2,1-4H3/t13-,15-/m1/s1. The van der Waals surface area contributed by atoms with Crippen molar-refractivity contribution in [2.75, 3.05) is 20.6 Å². The van der Waals surface area contributed by atoms with Gasteiger partial charge < -0.3 is 10.0 Å². The normalized spacial score (nSPS) is 22.5. The van der Waals surface area contributed by atoms with Crippen LogP contribution in [-0.2, 0) is 14.8 Å². The Morgan fingerprint density at radius 1 is 1.26 bits per heavy atom. The summed E-state index contributed by atoms with van der Waals surface area (Å²) in [7, 11) is -0.659. The second-order valence-corrected chi connectivity index (χ2v) is 8.33. The van der Waals surface area contributed by atoms with E-state index in [0.717, 1.165) is 9.87 Å². The van der Waals surface area contributed by atoms with Crippen molar-refractivity contribution >= 4 is 15.9 Å². The van der Waals surface area contributed by atoms with Crippen molar-refractivity contribution in [3.8, 4) is 0 Å². The number of carbonyl (C=O) groups excluding carboxylic acids is 1. The van der Waals surface area contributed by atoms with Crippen molar-refractivity contribution in [2.24, 2.45) is 0 Å². The fraction of sp³-hybridized carbons (Fsp3) is 0.562. The Kier molecular flexibility index (Phi) is 5.13. The van der Waals surface area contributed by atoms with Crippen molar-refractivity contribution in [3.63, 3.8) is 0 Å². The van der Waals surface area contributed by atoms with Crippen LogP contribution in [0, 0.1) is 0 Å². The molecule has 1 aliphatic heterocycles. The molecule has 1 heterocycles. The van der Waals surface area contributed by atoms with Crippen LogP contribution in [0.15, 0.2) is 29.2 Å². The van der Waals surface area contributed by atoms with Crippen molar-refractivity contribution in [2.45, 2.75) is 43.2 Å². The van der Waals surface area contributed by atoms with Gasteiger partial charge in [0, 0.05) is 27.1 Å². The van der Waals surface area contributed by atoms with Gasteiger partial charge >= 0.3 is 0 Å². The number of rotatable bonds is 4. The van der Waals surface area contributed by atoms with E-state index in [-0.39, 0.29) is 23.8 Å². The lowest BCUT2D eigenvalue weighted by Gasteiger charge is -2.25.